The number of benzene rings is 1. The molecule has 1 aromatic carbocycles. The molecule has 0 bridgehead atoms. The van der Waals surface area contributed by atoms with Crippen molar-refractivity contribution in [2.24, 2.45) is 12.8 Å². The molecule has 1 heterocycles. The summed E-state index contributed by atoms with van der Waals surface area (Å²) in [4.78, 5) is 22.9. The summed E-state index contributed by atoms with van der Waals surface area (Å²) >= 11 is 1.99. The number of aromatic nitrogens is 1. The van der Waals surface area contributed by atoms with Crippen LogP contribution in [0.2, 0.25) is 0 Å². The number of rotatable bonds is 3. The lowest BCUT2D eigenvalue weighted by Crippen LogP contribution is -2.26. The first-order chi connectivity index (χ1) is 9.38. The highest BCUT2D eigenvalue weighted by Gasteiger charge is 2.11. The maximum atomic E-state index is 13.7. The maximum Gasteiger partial charge on any atom is 0.266 e. The van der Waals surface area contributed by atoms with E-state index < -0.39 is 17.3 Å². The fraction of sp³-hybridized carbons (Fsp3) is 0.0769. The minimum atomic E-state index is -0.781. The van der Waals surface area contributed by atoms with Gasteiger partial charge in [-0.05, 0) is 40.8 Å². The van der Waals surface area contributed by atoms with Crippen LogP contribution in [0.3, 0.4) is 0 Å². The molecule has 2 aromatic rings. The first kappa shape index (κ1) is 14.5. The molecule has 0 unspecified atom stereocenters. The summed E-state index contributed by atoms with van der Waals surface area (Å²) in [5.74, 6) is -1.25. The second kappa shape index (κ2) is 5.61. The SMILES string of the molecule is Cn1c(C(N)=O)[c]c(Nc2ccc(I)cc2F)cc1=O. The summed E-state index contributed by atoms with van der Waals surface area (Å²) in [7, 11) is 1.41. The Morgan fingerprint density at radius 3 is 2.75 bits per heavy atom. The predicted molar refractivity (Wildman–Crippen MR) is 81.4 cm³/mol. The number of nitrogens with two attached hydrogens (primary N) is 1. The zero-order chi connectivity index (χ0) is 14.9. The number of hydrogen-bond acceptors (Lipinski definition) is 3. The van der Waals surface area contributed by atoms with Crippen LogP contribution in [-0.4, -0.2) is 10.5 Å². The predicted octanol–water partition coefficient (Wildman–Crippen LogP) is 1.77. The van der Waals surface area contributed by atoms with Gasteiger partial charge in [-0.2, -0.15) is 0 Å². The highest BCUT2D eigenvalue weighted by atomic mass is 127. The van der Waals surface area contributed by atoms with Crippen LogP contribution in [0.25, 0.3) is 0 Å². The van der Waals surface area contributed by atoms with E-state index in [0.29, 0.717) is 0 Å². The van der Waals surface area contributed by atoms with Crippen LogP contribution in [0.15, 0.2) is 29.1 Å². The van der Waals surface area contributed by atoms with Gasteiger partial charge in [0.1, 0.15) is 11.5 Å². The fourth-order valence-corrected chi connectivity index (χ4v) is 2.06. The van der Waals surface area contributed by atoms with Crippen LogP contribution < -0.4 is 16.6 Å². The number of carbonyl (C=O) groups is 1. The largest absolute Gasteiger partial charge is 0.364 e. The van der Waals surface area contributed by atoms with Crippen molar-refractivity contribution in [1.82, 2.24) is 4.57 Å². The molecule has 0 aliphatic heterocycles. The van der Waals surface area contributed by atoms with Crippen LogP contribution in [0, 0.1) is 15.5 Å². The number of halogens is 2. The van der Waals surface area contributed by atoms with Crippen LogP contribution in [-0.2, 0) is 7.05 Å². The number of carbonyl (C=O) groups excluding carboxylic acids is 1. The molecule has 0 saturated heterocycles. The minimum Gasteiger partial charge on any atom is -0.364 e. The van der Waals surface area contributed by atoms with Crippen molar-refractivity contribution in [3.8, 4) is 0 Å². The second-order valence-corrected chi connectivity index (χ2v) is 5.29. The Balaban J connectivity index is 2.44. The van der Waals surface area contributed by atoms with Gasteiger partial charge in [-0.25, -0.2) is 4.39 Å². The number of anilines is 2. The van der Waals surface area contributed by atoms with Gasteiger partial charge >= 0.3 is 0 Å². The standard InChI is InChI=1S/C13H10FIN3O2/c1-18-11(13(16)20)5-8(6-12(18)19)17-10-3-2-7(15)4-9(10)14/h2-4,6,17H,1H3,(H2,16,20). The second-order valence-electron chi connectivity index (χ2n) is 4.04. The van der Waals surface area contributed by atoms with E-state index in [4.69, 9.17) is 5.73 Å². The Morgan fingerprint density at radius 1 is 1.45 bits per heavy atom. The van der Waals surface area contributed by atoms with Crippen LogP contribution in [0.4, 0.5) is 15.8 Å². The molecular formula is C13H10FIN3O2. The highest BCUT2D eigenvalue weighted by Crippen LogP contribution is 2.21. The zero-order valence-corrected chi connectivity index (χ0v) is 12.6. The molecule has 7 heteroatoms. The number of nitrogens with one attached hydrogen (secondary N) is 1. The van der Waals surface area contributed by atoms with Crippen molar-refractivity contribution in [1.29, 1.82) is 0 Å². The fourth-order valence-electron chi connectivity index (χ4n) is 1.61. The average molecular weight is 386 g/mol. The number of amides is 1. The first-order valence-corrected chi connectivity index (χ1v) is 6.61. The third-order valence-corrected chi connectivity index (χ3v) is 3.29. The monoisotopic (exact) mass is 386 g/mol. The molecule has 103 valence electrons. The molecule has 0 fully saturated rings. The summed E-state index contributed by atoms with van der Waals surface area (Å²) in [6.07, 6.45) is 0. The smallest absolute Gasteiger partial charge is 0.266 e. The summed E-state index contributed by atoms with van der Waals surface area (Å²) in [5.41, 5.74) is 5.01. The quantitative estimate of drug-likeness (QED) is 0.790. The molecule has 1 aromatic heterocycles. The Morgan fingerprint density at radius 2 is 2.15 bits per heavy atom. The number of pyridine rings is 1. The highest BCUT2D eigenvalue weighted by molar-refractivity contribution is 14.1. The van der Waals surface area contributed by atoms with Crippen molar-refractivity contribution >= 4 is 39.9 Å². The summed E-state index contributed by atoms with van der Waals surface area (Å²) in [6, 6.07) is 8.45. The van der Waals surface area contributed by atoms with E-state index in [1.165, 1.54) is 25.2 Å². The zero-order valence-electron chi connectivity index (χ0n) is 10.4. The van der Waals surface area contributed by atoms with Gasteiger partial charge in [-0.15, -0.1) is 0 Å². The van der Waals surface area contributed by atoms with E-state index in [1.807, 2.05) is 22.6 Å². The Hall–Kier alpha value is -1.90. The molecule has 1 radical (unpaired) electrons. The van der Waals surface area contributed by atoms with Crippen LogP contribution in [0.1, 0.15) is 10.5 Å². The van der Waals surface area contributed by atoms with E-state index in [2.05, 4.69) is 11.4 Å². The van der Waals surface area contributed by atoms with Gasteiger partial charge in [-0.3, -0.25) is 9.59 Å². The molecule has 0 saturated carbocycles. The maximum absolute atomic E-state index is 13.7. The first-order valence-electron chi connectivity index (χ1n) is 5.53. The normalized spacial score (nSPS) is 10.3. The molecular weight excluding hydrogens is 376 g/mol. The van der Waals surface area contributed by atoms with Gasteiger partial charge in [0.25, 0.3) is 11.5 Å². The van der Waals surface area contributed by atoms with Crippen molar-refractivity contribution in [3.05, 3.63) is 55.8 Å². The Labute approximate surface area is 127 Å². The molecule has 0 aliphatic carbocycles. The lowest BCUT2D eigenvalue weighted by molar-refractivity contribution is 0.0991. The van der Waals surface area contributed by atoms with E-state index in [0.717, 1.165) is 8.14 Å². The minimum absolute atomic E-state index is 0.0779. The molecule has 1 amide bonds. The van der Waals surface area contributed by atoms with E-state index >= 15 is 0 Å². The van der Waals surface area contributed by atoms with E-state index in [1.54, 1.807) is 6.07 Å². The third kappa shape index (κ3) is 2.98. The van der Waals surface area contributed by atoms with Gasteiger partial charge in [0.2, 0.25) is 0 Å². The summed E-state index contributed by atoms with van der Waals surface area (Å²) in [5, 5.41) is 2.71. The van der Waals surface area contributed by atoms with Gasteiger partial charge in [-0.1, -0.05) is 0 Å². The van der Waals surface area contributed by atoms with Crippen LogP contribution >= 0.6 is 22.6 Å². The van der Waals surface area contributed by atoms with Crippen LogP contribution in [0.5, 0.6) is 0 Å². The summed E-state index contributed by atoms with van der Waals surface area (Å²) < 4.78 is 15.5. The Bertz CT molecular complexity index is 743. The van der Waals surface area contributed by atoms with Gasteiger partial charge < -0.3 is 15.6 Å². The number of primary amides is 1. The van der Waals surface area contributed by atoms with Crippen molar-refractivity contribution < 1.29 is 9.18 Å². The van der Waals surface area contributed by atoms with Crippen molar-refractivity contribution in [2.45, 2.75) is 0 Å². The molecule has 2 rings (SSSR count). The number of hydrogen-bond donors (Lipinski definition) is 2. The topological polar surface area (TPSA) is 77.1 Å². The van der Waals surface area contributed by atoms with Gasteiger partial charge in [0.15, 0.2) is 0 Å². The number of nitrogens with zero attached hydrogens (tertiary/aromatic N) is 1. The lowest BCUT2D eigenvalue weighted by Gasteiger charge is -2.10. The van der Waals surface area contributed by atoms with E-state index in [9.17, 15) is 14.0 Å². The third-order valence-electron chi connectivity index (χ3n) is 2.62. The molecule has 5 nitrogen and oxygen atoms in total. The molecule has 20 heavy (non-hydrogen) atoms. The molecule has 0 atom stereocenters. The van der Waals surface area contributed by atoms with E-state index in [-0.39, 0.29) is 17.1 Å². The van der Waals surface area contributed by atoms with Gasteiger partial charge in [0, 0.05) is 22.8 Å². The molecule has 3 N–H and O–H groups in total. The van der Waals surface area contributed by atoms with Crippen molar-refractivity contribution in [3.63, 3.8) is 0 Å². The van der Waals surface area contributed by atoms with Gasteiger partial charge in [0.05, 0.1) is 11.4 Å². The molecule has 0 aliphatic rings. The lowest BCUT2D eigenvalue weighted by atomic mass is 10.2. The summed E-state index contributed by atoms with van der Waals surface area (Å²) in [6.45, 7) is 0. The average Bonchev–Trinajstić information content (AvgIpc) is 2.36. The van der Waals surface area contributed by atoms with Crippen molar-refractivity contribution in [2.75, 3.05) is 5.32 Å². The molecule has 0 spiro atoms. The Kier molecular flexibility index (Phi) is 4.07.